The van der Waals surface area contributed by atoms with Crippen LogP contribution in [0.5, 0.6) is 0 Å². The molecule has 0 bridgehead atoms. The fourth-order valence-electron chi connectivity index (χ4n) is 1.33. The van der Waals surface area contributed by atoms with Gasteiger partial charge in [0.1, 0.15) is 0 Å². The van der Waals surface area contributed by atoms with Crippen LogP contribution in [-0.4, -0.2) is 56.1 Å². The Morgan fingerprint density at radius 3 is 2.58 bits per heavy atom. The normalized spacial score (nSPS) is 21.8. The first-order valence-corrected chi connectivity index (χ1v) is 5.10. The van der Waals surface area contributed by atoms with Crippen molar-refractivity contribution < 1.29 is 4.57 Å². The Hall–Kier alpha value is -0.0200. The molecule has 1 heterocycles. The van der Waals surface area contributed by atoms with Crippen molar-refractivity contribution in [2.45, 2.75) is 0 Å². The molecular formula is C7H16N3OP. The van der Waals surface area contributed by atoms with Crippen molar-refractivity contribution in [2.75, 3.05) is 46.3 Å². The summed E-state index contributed by atoms with van der Waals surface area (Å²) in [5.74, 6) is 0. The molecule has 0 spiro atoms. The first-order valence-electron chi connectivity index (χ1n) is 4.29. The third kappa shape index (κ3) is 3.59. The monoisotopic (exact) mass is 189 g/mol. The first kappa shape index (κ1) is 10.1. The van der Waals surface area contributed by atoms with Crippen molar-refractivity contribution in [1.82, 2.24) is 14.9 Å². The van der Waals surface area contributed by atoms with Crippen LogP contribution in [0.25, 0.3) is 0 Å². The second kappa shape index (κ2) is 5.60. The fourth-order valence-corrected chi connectivity index (χ4v) is 1.52. The lowest BCUT2D eigenvalue weighted by Crippen LogP contribution is -2.45. The van der Waals surface area contributed by atoms with Crippen LogP contribution in [0.4, 0.5) is 0 Å². The molecule has 1 N–H and O–H groups in total. The van der Waals surface area contributed by atoms with E-state index in [0.29, 0.717) is 0 Å². The van der Waals surface area contributed by atoms with Gasteiger partial charge in [-0.15, -0.1) is 0 Å². The number of piperazine rings is 1. The molecule has 1 fully saturated rings. The predicted molar refractivity (Wildman–Crippen MR) is 49.5 cm³/mol. The van der Waals surface area contributed by atoms with Crippen LogP contribution < -0.4 is 5.09 Å². The van der Waals surface area contributed by atoms with E-state index in [1.165, 1.54) is 0 Å². The molecule has 1 aliphatic rings. The lowest BCUT2D eigenvalue weighted by Gasteiger charge is -2.32. The molecule has 0 aromatic carbocycles. The highest BCUT2D eigenvalue weighted by atomic mass is 31.1. The number of hydrogen-bond acceptors (Lipinski definition) is 3. The standard InChI is InChI=1S/C7H16N3OP/c1-9-4-6-10(7-5-9)3-2-8-12-11/h2-7H2,1H3,(H,8,11). The maximum atomic E-state index is 10.1. The molecule has 70 valence electrons. The van der Waals surface area contributed by atoms with Gasteiger partial charge in [0.15, 0.2) is 0 Å². The van der Waals surface area contributed by atoms with Gasteiger partial charge in [-0.05, 0) is 7.05 Å². The number of nitrogens with zero attached hydrogens (tertiary/aromatic N) is 2. The summed E-state index contributed by atoms with van der Waals surface area (Å²) in [6, 6.07) is 0. The van der Waals surface area contributed by atoms with Crippen LogP contribution in [0, 0.1) is 0 Å². The molecule has 0 atom stereocenters. The Bertz CT molecular complexity index is 137. The van der Waals surface area contributed by atoms with Gasteiger partial charge in [-0.1, -0.05) is 0 Å². The summed E-state index contributed by atoms with van der Waals surface area (Å²) in [5, 5.41) is 2.77. The Morgan fingerprint density at radius 2 is 2.00 bits per heavy atom. The average molecular weight is 189 g/mol. The summed E-state index contributed by atoms with van der Waals surface area (Å²) in [6.07, 6.45) is 0. The minimum Gasteiger partial charge on any atom is -0.304 e. The Morgan fingerprint density at radius 1 is 1.33 bits per heavy atom. The van der Waals surface area contributed by atoms with Gasteiger partial charge in [0.25, 0.3) is 0 Å². The maximum Gasteiger partial charge on any atom is 0.246 e. The minimum absolute atomic E-state index is 0.0452. The smallest absolute Gasteiger partial charge is 0.246 e. The van der Waals surface area contributed by atoms with Crippen molar-refractivity contribution in [1.29, 1.82) is 0 Å². The molecule has 0 amide bonds. The fraction of sp³-hybridized carbons (Fsp3) is 1.00. The molecule has 0 aliphatic carbocycles. The van der Waals surface area contributed by atoms with Crippen molar-refractivity contribution in [2.24, 2.45) is 0 Å². The molecule has 0 aromatic heterocycles. The summed E-state index contributed by atoms with van der Waals surface area (Å²) in [6.45, 7) is 6.38. The average Bonchev–Trinajstić information content (AvgIpc) is 2.09. The van der Waals surface area contributed by atoms with Crippen LogP contribution in [-0.2, 0) is 4.57 Å². The largest absolute Gasteiger partial charge is 0.304 e. The number of nitrogens with one attached hydrogen (secondary N) is 1. The molecule has 0 saturated carbocycles. The van der Waals surface area contributed by atoms with Crippen molar-refractivity contribution in [3.8, 4) is 0 Å². The lowest BCUT2D eigenvalue weighted by molar-refractivity contribution is 0.156. The topological polar surface area (TPSA) is 35.6 Å². The molecule has 0 radical (unpaired) electrons. The second-order valence-electron chi connectivity index (χ2n) is 3.14. The van der Waals surface area contributed by atoms with Crippen molar-refractivity contribution >= 4 is 8.61 Å². The van der Waals surface area contributed by atoms with Crippen LogP contribution in [0.3, 0.4) is 0 Å². The van der Waals surface area contributed by atoms with Gasteiger partial charge in [-0.2, -0.15) is 0 Å². The van der Waals surface area contributed by atoms with E-state index in [9.17, 15) is 4.57 Å². The number of hydrogen-bond donors (Lipinski definition) is 1. The summed E-state index contributed by atoms with van der Waals surface area (Å²) in [5.41, 5.74) is 0. The predicted octanol–water partition coefficient (Wildman–Crippen LogP) is 0.0301. The van der Waals surface area contributed by atoms with E-state index in [0.717, 1.165) is 39.3 Å². The first-order chi connectivity index (χ1) is 5.83. The zero-order valence-electron chi connectivity index (χ0n) is 7.49. The lowest BCUT2D eigenvalue weighted by atomic mass is 10.3. The van der Waals surface area contributed by atoms with E-state index < -0.39 is 0 Å². The van der Waals surface area contributed by atoms with Crippen molar-refractivity contribution in [3.63, 3.8) is 0 Å². The molecule has 1 rings (SSSR count). The Kier molecular flexibility index (Phi) is 4.69. The van der Waals surface area contributed by atoms with Crippen LogP contribution in [0.2, 0.25) is 0 Å². The molecule has 0 aromatic rings. The van der Waals surface area contributed by atoms with Gasteiger partial charge in [0, 0.05) is 39.3 Å². The highest BCUT2D eigenvalue weighted by molar-refractivity contribution is 7.21. The molecule has 5 heteroatoms. The SMILES string of the molecule is CN1CCN(CCNP=O)CC1. The van der Waals surface area contributed by atoms with E-state index in [4.69, 9.17) is 0 Å². The zero-order valence-corrected chi connectivity index (χ0v) is 8.39. The third-order valence-corrected chi connectivity index (χ3v) is 2.55. The second-order valence-corrected chi connectivity index (χ2v) is 3.64. The number of likely N-dealkylation sites (N-methyl/N-ethyl adjacent to an activating group) is 1. The molecular weight excluding hydrogens is 173 g/mol. The molecule has 4 nitrogen and oxygen atoms in total. The summed E-state index contributed by atoms with van der Waals surface area (Å²) < 4.78 is 10.1. The highest BCUT2D eigenvalue weighted by Crippen LogP contribution is 1.97. The van der Waals surface area contributed by atoms with Gasteiger partial charge in [0.05, 0.1) is 0 Å². The van der Waals surface area contributed by atoms with Gasteiger partial charge in [-0.3, -0.25) is 9.46 Å². The number of rotatable bonds is 4. The zero-order chi connectivity index (χ0) is 8.81. The Labute approximate surface area is 75.2 Å². The van der Waals surface area contributed by atoms with E-state index in [1.54, 1.807) is 0 Å². The van der Waals surface area contributed by atoms with Crippen LogP contribution in [0.15, 0.2) is 0 Å². The molecule has 12 heavy (non-hydrogen) atoms. The third-order valence-electron chi connectivity index (χ3n) is 2.20. The van der Waals surface area contributed by atoms with E-state index in [2.05, 4.69) is 21.9 Å². The minimum atomic E-state index is 0.0452. The van der Waals surface area contributed by atoms with Crippen LogP contribution >= 0.6 is 8.61 Å². The van der Waals surface area contributed by atoms with Gasteiger partial charge < -0.3 is 4.90 Å². The molecule has 1 saturated heterocycles. The summed E-state index contributed by atoms with van der Waals surface area (Å²) in [7, 11) is 2.19. The highest BCUT2D eigenvalue weighted by Gasteiger charge is 2.12. The quantitative estimate of drug-likeness (QED) is 0.500. The summed E-state index contributed by atoms with van der Waals surface area (Å²) in [4.78, 5) is 4.72. The van der Waals surface area contributed by atoms with Gasteiger partial charge in [-0.25, -0.2) is 5.09 Å². The summed E-state index contributed by atoms with van der Waals surface area (Å²) >= 11 is 0. The van der Waals surface area contributed by atoms with Gasteiger partial charge in [0.2, 0.25) is 8.61 Å². The van der Waals surface area contributed by atoms with E-state index in [1.807, 2.05) is 0 Å². The molecule has 0 unspecified atom stereocenters. The van der Waals surface area contributed by atoms with Gasteiger partial charge >= 0.3 is 0 Å². The van der Waals surface area contributed by atoms with E-state index >= 15 is 0 Å². The maximum absolute atomic E-state index is 10.1. The van der Waals surface area contributed by atoms with Crippen molar-refractivity contribution in [3.05, 3.63) is 0 Å². The Balaban J connectivity index is 2.05. The van der Waals surface area contributed by atoms with Crippen LogP contribution in [0.1, 0.15) is 0 Å². The van der Waals surface area contributed by atoms with E-state index in [-0.39, 0.29) is 8.61 Å². The molecule has 1 aliphatic heterocycles.